The molecule has 6 aromatic rings. The van der Waals surface area contributed by atoms with Gasteiger partial charge in [-0.1, -0.05) is 80.7 Å². The molecule has 0 saturated heterocycles. The molecule has 7 rings (SSSR count). The van der Waals surface area contributed by atoms with Crippen LogP contribution in [0.3, 0.4) is 0 Å². The molecule has 1 amide bonds. The van der Waals surface area contributed by atoms with Gasteiger partial charge in [-0.15, -0.1) is 23.1 Å². The van der Waals surface area contributed by atoms with Gasteiger partial charge in [-0.3, -0.25) is 14.5 Å². The Labute approximate surface area is 287 Å². The maximum absolute atomic E-state index is 13.0. The molecule has 0 unspecified atom stereocenters. The normalized spacial score (nSPS) is 15.5. The van der Waals surface area contributed by atoms with Crippen LogP contribution in [0.15, 0.2) is 102 Å². The van der Waals surface area contributed by atoms with Gasteiger partial charge in [0.25, 0.3) is 5.91 Å². The fourth-order valence-electron chi connectivity index (χ4n) is 6.86. The van der Waals surface area contributed by atoms with Crippen LogP contribution in [-0.2, 0) is 15.0 Å². The molecule has 47 heavy (non-hydrogen) atoms. The summed E-state index contributed by atoms with van der Waals surface area (Å²) in [6, 6.07) is 35.0. The monoisotopic (exact) mass is 672 g/mol. The number of para-hydroxylation sites is 1. The van der Waals surface area contributed by atoms with Crippen LogP contribution in [0.5, 0.6) is 0 Å². The van der Waals surface area contributed by atoms with Crippen LogP contribution in [0.1, 0.15) is 36.3 Å². The predicted molar refractivity (Wildman–Crippen MR) is 201 cm³/mol. The van der Waals surface area contributed by atoms with Crippen molar-refractivity contribution in [3.8, 4) is 27.3 Å². The Morgan fingerprint density at radius 1 is 0.915 bits per heavy atom. The summed E-state index contributed by atoms with van der Waals surface area (Å²) in [6.45, 7) is 4.17. The van der Waals surface area contributed by atoms with E-state index in [4.69, 9.17) is 17.3 Å². The van der Waals surface area contributed by atoms with Gasteiger partial charge in [0.1, 0.15) is 6.54 Å². The van der Waals surface area contributed by atoms with E-state index in [1.165, 1.54) is 44.8 Å². The van der Waals surface area contributed by atoms with Crippen molar-refractivity contribution in [3.63, 3.8) is 0 Å². The van der Waals surface area contributed by atoms with E-state index in [1.54, 1.807) is 23.7 Å². The third kappa shape index (κ3) is 5.21. The first-order valence-corrected chi connectivity index (χ1v) is 17.9. The lowest BCUT2D eigenvalue weighted by Gasteiger charge is -2.26. The van der Waals surface area contributed by atoms with Gasteiger partial charge in [0.05, 0.1) is 21.4 Å². The summed E-state index contributed by atoms with van der Waals surface area (Å²) in [6.07, 6.45) is 4.62. The minimum atomic E-state index is -1.11. The van der Waals surface area contributed by atoms with Crippen LogP contribution in [0, 0.1) is 0 Å². The first-order valence-electron chi connectivity index (χ1n) is 15.4. The highest BCUT2D eigenvalue weighted by Gasteiger charge is 2.38. The molecule has 0 aliphatic heterocycles. The lowest BCUT2D eigenvalue weighted by Crippen LogP contribution is -2.34. The van der Waals surface area contributed by atoms with Crippen LogP contribution in [0.4, 0.5) is 0 Å². The maximum atomic E-state index is 13.0. The molecule has 8 heteroatoms. The number of carboxylic acids is 1. The smallest absolute Gasteiger partial charge is 0.323 e. The predicted octanol–water partition coefficient (Wildman–Crippen LogP) is 9.78. The Bertz CT molecular complexity index is 2260. The Hall–Kier alpha value is -4.50. The van der Waals surface area contributed by atoms with Crippen molar-refractivity contribution in [2.24, 2.45) is 0 Å². The summed E-state index contributed by atoms with van der Waals surface area (Å²) < 4.78 is 2.38. The third-order valence-electron chi connectivity index (χ3n) is 9.36. The molecule has 0 fully saturated rings. The number of thiocarbonyl (C=S) groups is 1. The Balaban J connectivity index is 1.29. The molecule has 0 saturated carbocycles. The molecular weight excluding hydrogens is 641 g/mol. The van der Waals surface area contributed by atoms with Gasteiger partial charge in [0.15, 0.2) is 0 Å². The van der Waals surface area contributed by atoms with E-state index in [9.17, 15) is 9.59 Å². The van der Waals surface area contributed by atoms with Crippen molar-refractivity contribution in [1.29, 1.82) is 0 Å². The van der Waals surface area contributed by atoms with Crippen molar-refractivity contribution in [2.75, 3.05) is 12.8 Å². The number of carboxylic acid groups (broad SMARTS) is 1. The molecule has 234 valence electrons. The molecule has 4 aromatic carbocycles. The molecule has 2 aromatic heterocycles. The third-order valence-corrected chi connectivity index (χ3v) is 11.4. The molecule has 5 nitrogen and oxygen atoms in total. The number of amides is 1. The number of hydrogen-bond acceptors (Lipinski definition) is 5. The molecule has 1 aliphatic rings. The second kappa shape index (κ2) is 12.3. The summed E-state index contributed by atoms with van der Waals surface area (Å²) in [5.74, 6) is -1.54. The van der Waals surface area contributed by atoms with E-state index in [0.717, 1.165) is 48.9 Å². The summed E-state index contributed by atoms with van der Waals surface area (Å²) in [4.78, 5) is 27.6. The minimum Gasteiger partial charge on any atom is -0.480 e. The quantitative estimate of drug-likeness (QED) is 0.122. The van der Waals surface area contributed by atoms with Gasteiger partial charge in [-0.2, -0.15) is 0 Å². The van der Waals surface area contributed by atoms with Crippen LogP contribution < -0.4 is 0 Å². The summed E-state index contributed by atoms with van der Waals surface area (Å²) in [7, 11) is 0. The fraction of sp³-hybridized carbons (Fsp3) is 0.154. The number of aliphatic carboxylic acids is 1. The van der Waals surface area contributed by atoms with Gasteiger partial charge in [0, 0.05) is 31.6 Å². The number of thiophene rings is 1. The number of carbonyl (C=O) groups is 2. The van der Waals surface area contributed by atoms with Crippen molar-refractivity contribution in [2.45, 2.75) is 25.7 Å². The Morgan fingerprint density at radius 3 is 2.43 bits per heavy atom. The van der Waals surface area contributed by atoms with E-state index in [1.807, 2.05) is 6.07 Å². The zero-order chi connectivity index (χ0) is 32.9. The van der Waals surface area contributed by atoms with Crippen LogP contribution in [0.25, 0.3) is 55.1 Å². The molecule has 1 aliphatic carbocycles. The van der Waals surface area contributed by atoms with Gasteiger partial charge in [-0.25, -0.2) is 0 Å². The molecular formula is C39H32N2O3S3. The Morgan fingerprint density at radius 2 is 1.66 bits per heavy atom. The number of carbonyl (C=O) groups excluding carboxylic acids is 1. The maximum Gasteiger partial charge on any atom is 0.323 e. The van der Waals surface area contributed by atoms with Crippen LogP contribution in [-0.4, -0.2) is 44.7 Å². The first-order chi connectivity index (χ1) is 22.8. The Kier molecular flexibility index (Phi) is 8.12. The number of thioether (sulfide) groups is 1. The summed E-state index contributed by atoms with van der Waals surface area (Å²) in [5, 5.41) is 11.5. The van der Waals surface area contributed by atoms with Crippen molar-refractivity contribution >= 4 is 80.6 Å². The standard InChI is InChI=1S/C39H32N2O3S3/c1-4-39(2)31-11-7-5-9-27(31)28-16-14-25(20-32(28)39)41-33-12-8-6-10-29(33)30-19-24(13-17-34(30)41)35-18-15-26(47-35)21-36(46-3)38(44)40(23-45)22-37(42)43/h5-21,23H,4,22H2,1-3H3,(H,42,43)/b36-21+/t39-/m0/s1. The molecule has 1 N–H and O–H groups in total. The van der Waals surface area contributed by atoms with E-state index >= 15 is 0 Å². The van der Waals surface area contributed by atoms with Gasteiger partial charge >= 0.3 is 5.97 Å². The summed E-state index contributed by atoms with van der Waals surface area (Å²) in [5.41, 5.74) is 11.0. The number of benzene rings is 4. The number of rotatable bonds is 9. The lowest BCUT2D eigenvalue weighted by molar-refractivity contribution is -0.140. The fourth-order valence-corrected chi connectivity index (χ4v) is 8.59. The zero-order valence-electron chi connectivity index (χ0n) is 26.2. The van der Waals surface area contributed by atoms with E-state index in [0.29, 0.717) is 4.91 Å². The highest BCUT2D eigenvalue weighted by molar-refractivity contribution is 8.03. The molecule has 0 spiro atoms. The van der Waals surface area contributed by atoms with Gasteiger partial charge in [-0.05, 0) is 89.0 Å². The average molecular weight is 673 g/mol. The van der Waals surface area contributed by atoms with E-state index < -0.39 is 18.4 Å². The number of hydrogen-bond donors (Lipinski definition) is 1. The average Bonchev–Trinajstić information content (AvgIpc) is 3.77. The lowest BCUT2D eigenvalue weighted by atomic mass is 9.78. The van der Waals surface area contributed by atoms with E-state index in [-0.39, 0.29) is 5.41 Å². The van der Waals surface area contributed by atoms with Gasteiger partial charge < -0.3 is 9.67 Å². The number of aromatic nitrogens is 1. The summed E-state index contributed by atoms with van der Waals surface area (Å²) >= 11 is 7.76. The SMILES string of the molecule is CC[C@@]1(C)c2ccccc2-c2ccc(-n3c4ccccc4c4cc(-c5ccc(/C=C(/SC)C(=O)N(C=S)CC(=O)O)s5)ccc43)cc21. The van der Waals surface area contributed by atoms with Gasteiger partial charge in [0.2, 0.25) is 0 Å². The first kappa shape index (κ1) is 31.1. The number of fused-ring (bicyclic) bond motifs is 6. The zero-order valence-corrected chi connectivity index (χ0v) is 28.6. The second-order valence-corrected chi connectivity index (χ2v) is 14.1. The molecule has 0 radical (unpaired) electrons. The second-order valence-electron chi connectivity index (χ2n) is 11.9. The molecule has 2 heterocycles. The largest absolute Gasteiger partial charge is 0.480 e. The van der Waals surface area contributed by atoms with Crippen molar-refractivity contribution in [3.05, 3.63) is 118 Å². The highest BCUT2D eigenvalue weighted by atomic mass is 32.2. The minimum absolute atomic E-state index is 0.0435. The highest BCUT2D eigenvalue weighted by Crippen LogP contribution is 2.51. The number of nitrogens with zero attached hydrogens (tertiary/aromatic N) is 2. The van der Waals surface area contributed by atoms with Crippen molar-refractivity contribution in [1.82, 2.24) is 9.47 Å². The molecule has 1 atom stereocenters. The molecule has 0 bridgehead atoms. The van der Waals surface area contributed by atoms with Crippen LogP contribution >= 0.6 is 35.3 Å². The van der Waals surface area contributed by atoms with E-state index in [2.05, 4.69) is 109 Å². The topological polar surface area (TPSA) is 62.5 Å². The van der Waals surface area contributed by atoms with Crippen molar-refractivity contribution < 1.29 is 14.7 Å². The van der Waals surface area contributed by atoms with Crippen LogP contribution in [0.2, 0.25) is 0 Å².